The highest BCUT2D eigenvalue weighted by Gasteiger charge is 2.20. The minimum Gasteiger partial charge on any atom is -0.479 e. The lowest BCUT2D eigenvalue weighted by Gasteiger charge is -2.19. The molecule has 1 atom stereocenters. The molecule has 0 aliphatic rings. The summed E-state index contributed by atoms with van der Waals surface area (Å²) >= 11 is 0. The average molecular weight is 293 g/mol. The summed E-state index contributed by atoms with van der Waals surface area (Å²) in [6.07, 6.45) is 0.531. The number of hydrogen-bond acceptors (Lipinski definition) is 3. The number of benzene rings is 1. The van der Waals surface area contributed by atoms with Gasteiger partial charge in [-0.2, -0.15) is 0 Å². The molecule has 0 aromatic heterocycles. The number of aliphatic carboxylic acids is 1. The fourth-order valence-electron chi connectivity index (χ4n) is 2.29. The van der Waals surface area contributed by atoms with Gasteiger partial charge in [-0.1, -0.05) is 39.3 Å². The van der Waals surface area contributed by atoms with Crippen molar-refractivity contribution in [1.82, 2.24) is 5.32 Å². The Morgan fingerprint density at radius 1 is 1.29 bits per heavy atom. The zero-order valence-corrected chi connectivity index (χ0v) is 13.7. The van der Waals surface area contributed by atoms with Gasteiger partial charge in [-0.3, -0.25) is 0 Å². The van der Waals surface area contributed by atoms with Gasteiger partial charge in [0.1, 0.15) is 5.75 Å². The van der Waals surface area contributed by atoms with Crippen molar-refractivity contribution in [3.8, 4) is 5.75 Å². The average Bonchev–Trinajstić information content (AvgIpc) is 2.38. The Kier molecular flexibility index (Phi) is 6.69. The number of aryl methyl sites for hydroxylation is 2. The number of carbonyl (C=O) groups is 1. The number of ether oxygens (including phenoxy) is 1. The lowest BCUT2D eigenvalue weighted by atomic mass is 10.0. The van der Waals surface area contributed by atoms with E-state index in [2.05, 4.69) is 31.3 Å². The van der Waals surface area contributed by atoms with Gasteiger partial charge < -0.3 is 15.2 Å². The first-order valence-electron chi connectivity index (χ1n) is 7.58. The first-order chi connectivity index (χ1) is 9.85. The molecule has 21 heavy (non-hydrogen) atoms. The van der Waals surface area contributed by atoms with Gasteiger partial charge in [0.2, 0.25) is 0 Å². The standard InChI is InChI=1S/C17H27NO3/c1-6-7-15(17(19)20)21-16-12(4)8-14(9-13(16)5)10-18-11(2)3/h8-9,11,15,18H,6-7,10H2,1-5H3,(H,19,20). The summed E-state index contributed by atoms with van der Waals surface area (Å²) in [5.41, 5.74) is 3.16. The zero-order valence-electron chi connectivity index (χ0n) is 13.7. The Morgan fingerprint density at radius 2 is 1.86 bits per heavy atom. The summed E-state index contributed by atoms with van der Waals surface area (Å²) in [5.74, 6) is -0.203. The van der Waals surface area contributed by atoms with E-state index in [0.717, 1.165) is 24.1 Å². The van der Waals surface area contributed by atoms with Gasteiger partial charge in [0, 0.05) is 12.6 Å². The molecule has 0 fully saturated rings. The second-order valence-electron chi connectivity index (χ2n) is 5.83. The molecule has 1 aromatic rings. The third-order valence-electron chi connectivity index (χ3n) is 3.32. The highest BCUT2D eigenvalue weighted by atomic mass is 16.5. The maximum absolute atomic E-state index is 11.2. The SMILES string of the molecule is CCCC(Oc1c(C)cc(CNC(C)C)cc1C)C(=O)O. The van der Waals surface area contributed by atoms with Crippen molar-refractivity contribution in [3.63, 3.8) is 0 Å². The molecule has 118 valence electrons. The summed E-state index contributed by atoms with van der Waals surface area (Å²) in [4.78, 5) is 11.2. The minimum absolute atomic E-state index is 0.433. The smallest absolute Gasteiger partial charge is 0.344 e. The lowest BCUT2D eigenvalue weighted by molar-refractivity contribution is -0.145. The molecule has 4 heteroatoms. The molecule has 0 heterocycles. The summed E-state index contributed by atoms with van der Waals surface area (Å²) < 4.78 is 5.74. The number of hydrogen-bond donors (Lipinski definition) is 2. The van der Waals surface area contributed by atoms with E-state index in [9.17, 15) is 9.90 Å². The van der Waals surface area contributed by atoms with Gasteiger partial charge >= 0.3 is 5.97 Å². The van der Waals surface area contributed by atoms with Crippen LogP contribution in [0.1, 0.15) is 50.3 Å². The van der Waals surface area contributed by atoms with Crippen LogP contribution in [0.5, 0.6) is 5.75 Å². The second-order valence-corrected chi connectivity index (χ2v) is 5.83. The molecule has 4 nitrogen and oxygen atoms in total. The van der Waals surface area contributed by atoms with Crippen LogP contribution in [0.2, 0.25) is 0 Å². The molecule has 0 spiro atoms. The molecule has 1 rings (SSSR count). The molecule has 0 amide bonds. The van der Waals surface area contributed by atoms with Gasteiger partial charge in [0.15, 0.2) is 6.10 Å². The van der Waals surface area contributed by atoms with Crippen LogP contribution in [0, 0.1) is 13.8 Å². The topological polar surface area (TPSA) is 58.6 Å². The van der Waals surface area contributed by atoms with Crippen molar-refractivity contribution in [3.05, 3.63) is 28.8 Å². The minimum atomic E-state index is -0.902. The van der Waals surface area contributed by atoms with E-state index < -0.39 is 12.1 Å². The van der Waals surface area contributed by atoms with Gasteiger partial charge in [-0.05, 0) is 37.0 Å². The van der Waals surface area contributed by atoms with Crippen LogP contribution >= 0.6 is 0 Å². The molecule has 2 N–H and O–H groups in total. The van der Waals surface area contributed by atoms with Crippen LogP contribution in [0.4, 0.5) is 0 Å². The Labute approximate surface area is 127 Å². The van der Waals surface area contributed by atoms with Crippen molar-refractivity contribution in [1.29, 1.82) is 0 Å². The third-order valence-corrected chi connectivity index (χ3v) is 3.32. The molecule has 0 saturated carbocycles. The largest absolute Gasteiger partial charge is 0.479 e. The third kappa shape index (κ3) is 5.38. The highest BCUT2D eigenvalue weighted by Crippen LogP contribution is 2.26. The molecule has 0 bridgehead atoms. The molecule has 0 aliphatic carbocycles. The number of carboxylic acids is 1. The zero-order chi connectivity index (χ0) is 16.0. The normalized spacial score (nSPS) is 12.5. The monoisotopic (exact) mass is 293 g/mol. The molecule has 0 radical (unpaired) electrons. The van der Waals surface area contributed by atoms with Crippen molar-refractivity contribution >= 4 is 5.97 Å². The summed E-state index contributed by atoms with van der Waals surface area (Å²) in [6.45, 7) is 10.9. The molecule has 1 aromatic carbocycles. The Hall–Kier alpha value is -1.55. The predicted molar refractivity (Wildman–Crippen MR) is 84.9 cm³/mol. The van der Waals surface area contributed by atoms with Crippen molar-refractivity contribution in [2.45, 2.75) is 66.2 Å². The van der Waals surface area contributed by atoms with Crippen molar-refractivity contribution in [2.75, 3.05) is 0 Å². The molecular formula is C17H27NO3. The summed E-state index contributed by atoms with van der Waals surface area (Å²) in [7, 11) is 0. The van der Waals surface area contributed by atoms with Crippen LogP contribution in [0.25, 0.3) is 0 Å². The van der Waals surface area contributed by atoms with Gasteiger partial charge in [0.05, 0.1) is 0 Å². The molecule has 0 aliphatic heterocycles. The van der Waals surface area contributed by atoms with E-state index in [0.29, 0.717) is 18.2 Å². The fourth-order valence-corrected chi connectivity index (χ4v) is 2.29. The quantitative estimate of drug-likeness (QED) is 0.771. The van der Waals surface area contributed by atoms with E-state index in [4.69, 9.17) is 4.74 Å². The lowest BCUT2D eigenvalue weighted by Crippen LogP contribution is -2.27. The highest BCUT2D eigenvalue weighted by molar-refractivity contribution is 5.72. The van der Waals surface area contributed by atoms with E-state index in [1.807, 2.05) is 20.8 Å². The molecular weight excluding hydrogens is 266 g/mol. The van der Waals surface area contributed by atoms with Gasteiger partial charge in [-0.15, -0.1) is 0 Å². The number of nitrogens with one attached hydrogen (secondary N) is 1. The number of carboxylic acid groups (broad SMARTS) is 1. The Morgan fingerprint density at radius 3 is 2.29 bits per heavy atom. The van der Waals surface area contributed by atoms with Gasteiger partial charge in [-0.25, -0.2) is 4.79 Å². The van der Waals surface area contributed by atoms with Crippen LogP contribution < -0.4 is 10.1 Å². The Balaban J connectivity index is 2.90. The summed E-state index contributed by atoms with van der Waals surface area (Å²) in [6, 6.07) is 4.55. The van der Waals surface area contributed by atoms with E-state index in [-0.39, 0.29) is 0 Å². The van der Waals surface area contributed by atoms with E-state index in [1.54, 1.807) is 0 Å². The van der Waals surface area contributed by atoms with Crippen LogP contribution in [0.3, 0.4) is 0 Å². The number of rotatable bonds is 8. The second kappa shape index (κ2) is 8.03. The molecule has 0 saturated heterocycles. The van der Waals surface area contributed by atoms with E-state index in [1.165, 1.54) is 5.56 Å². The van der Waals surface area contributed by atoms with Crippen LogP contribution in [-0.2, 0) is 11.3 Å². The first kappa shape index (κ1) is 17.5. The predicted octanol–water partition coefficient (Wildman–Crippen LogP) is 3.43. The van der Waals surface area contributed by atoms with Crippen LogP contribution in [0.15, 0.2) is 12.1 Å². The van der Waals surface area contributed by atoms with Gasteiger partial charge in [0.25, 0.3) is 0 Å². The molecule has 1 unspecified atom stereocenters. The fraction of sp³-hybridized carbons (Fsp3) is 0.588. The summed E-state index contributed by atoms with van der Waals surface area (Å²) in [5, 5.41) is 12.6. The van der Waals surface area contributed by atoms with Crippen molar-refractivity contribution < 1.29 is 14.6 Å². The first-order valence-corrected chi connectivity index (χ1v) is 7.58. The van der Waals surface area contributed by atoms with Crippen LogP contribution in [-0.4, -0.2) is 23.2 Å². The van der Waals surface area contributed by atoms with Crippen molar-refractivity contribution in [2.24, 2.45) is 0 Å². The maximum atomic E-state index is 11.2. The van der Waals surface area contributed by atoms with E-state index >= 15 is 0 Å². The Bertz CT molecular complexity index is 460. The maximum Gasteiger partial charge on any atom is 0.344 e.